The molecule has 1 aliphatic rings. The molecular formula is C14H22O. The predicted molar refractivity (Wildman–Crippen MR) is 64.8 cm³/mol. The van der Waals surface area contributed by atoms with Crippen LogP contribution in [0, 0.1) is 5.92 Å². The average molecular weight is 206 g/mol. The molecule has 1 heteroatoms. The standard InChI is InChI=1S/C14H22O/c1-3-12(4-2)8-7-10-13-9-5-6-11-14(13)15/h7-9,12H,3-6,10-11H2,1-2H3/b8-7+. The largest absolute Gasteiger partial charge is 0.295 e. The van der Waals surface area contributed by atoms with Crippen LogP contribution in [0.1, 0.15) is 52.4 Å². The van der Waals surface area contributed by atoms with Crippen molar-refractivity contribution in [3.05, 3.63) is 23.8 Å². The van der Waals surface area contributed by atoms with Crippen molar-refractivity contribution in [2.75, 3.05) is 0 Å². The summed E-state index contributed by atoms with van der Waals surface area (Å²) in [5.74, 6) is 1.04. The van der Waals surface area contributed by atoms with Crippen LogP contribution in [0.5, 0.6) is 0 Å². The Kier molecular flexibility index (Phi) is 5.38. The molecule has 15 heavy (non-hydrogen) atoms. The number of carbonyl (C=O) groups excluding carboxylic acids is 1. The lowest BCUT2D eigenvalue weighted by molar-refractivity contribution is -0.116. The lowest BCUT2D eigenvalue weighted by Gasteiger charge is -2.10. The Morgan fingerprint density at radius 3 is 2.73 bits per heavy atom. The second kappa shape index (κ2) is 6.60. The van der Waals surface area contributed by atoms with Gasteiger partial charge in [-0.1, -0.05) is 32.1 Å². The molecule has 0 fully saturated rings. The third-order valence-electron chi connectivity index (χ3n) is 3.15. The van der Waals surface area contributed by atoms with E-state index in [1.807, 2.05) is 0 Å². The van der Waals surface area contributed by atoms with E-state index in [2.05, 4.69) is 32.1 Å². The normalized spacial score (nSPS) is 17.5. The van der Waals surface area contributed by atoms with Crippen LogP contribution < -0.4 is 0 Å². The molecule has 0 aromatic rings. The Morgan fingerprint density at radius 2 is 2.13 bits per heavy atom. The van der Waals surface area contributed by atoms with Crippen molar-refractivity contribution in [2.24, 2.45) is 5.92 Å². The van der Waals surface area contributed by atoms with Crippen LogP contribution in [0.25, 0.3) is 0 Å². The fraction of sp³-hybridized carbons (Fsp3) is 0.643. The van der Waals surface area contributed by atoms with E-state index in [1.54, 1.807) is 0 Å². The summed E-state index contributed by atoms with van der Waals surface area (Å²) in [5.41, 5.74) is 1.03. The molecule has 1 aliphatic carbocycles. The van der Waals surface area contributed by atoms with Crippen LogP contribution in [-0.4, -0.2) is 5.78 Å². The molecule has 1 rings (SSSR count). The molecule has 0 aromatic carbocycles. The van der Waals surface area contributed by atoms with Gasteiger partial charge in [0.2, 0.25) is 0 Å². The third kappa shape index (κ3) is 4.03. The number of Topliss-reactive ketones (excluding diaryl/α,β-unsaturated/α-hetero) is 1. The number of ketones is 1. The molecule has 0 spiro atoms. The van der Waals surface area contributed by atoms with E-state index >= 15 is 0 Å². The minimum Gasteiger partial charge on any atom is -0.295 e. The second-order valence-corrected chi connectivity index (χ2v) is 4.25. The fourth-order valence-corrected chi connectivity index (χ4v) is 1.96. The molecule has 0 N–H and O–H groups in total. The summed E-state index contributed by atoms with van der Waals surface area (Å²) in [6.45, 7) is 4.42. The van der Waals surface area contributed by atoms with E-state index in [-0.39, 0.29) is 0 Å². The fourth-order valence-electron chi connectivity index (χ4n) is 1.96. The Bertz CT molecular complexity index is 257. The van der Waals surface area contributed by atoms with Crippen LogP contribution in [0.4, 0.5) is 0 Å². The molecule has 0 aromatic heterocycles. The lowest BCUT2D eigenvalue weighted by Crippen LogP contribution is -2.06. The molecule has 0 unspecified atom stereocenters. The Balaban J connectivity index is 2.41. The number of hydrogen-bond donors (Lipinski definition) is 0. The Labute approximate surface area is 93.3 Å². The summed E-state index contributed by atoms with van der Waals surface area (Å²) in [6.07, 6.45) is 12.7. The molecule has 0 atom stereocenters. The van der Waals surface area contributed by atoms with Crippen molar-refractivity contribution >= 4 is 5.78 Å². The van der Waals surface area contributed by atoms with Crippen molar-refractivity contribution in [2.45, 2.75) is 52.4 Å². The van der Waals surface area contributed by atoms with Gasteiger partial charge in [-0.2, -0.15) is 0 Å². The maximum absolute atomic E-state index is 11.5. The van der Waals surface area contributed by atoms with E-state index in [0.717, 1.165) is 31.3 Å². The zero-order chi connectivity index (χ0) is 11.1. The highest BCUT2D eigenvalue weighted by atomic mass is 16.1. The van der Waals surface area contributed by atoms with Gasteiger partial charge < -0.3 is 0 Å². The van der Waals surface area contributed by atoms with Crippen molar-refractivity contribution in [3.63, 3.8) is 0 Å². The first-order valence-electron chi connectivity index (χ1n) is 6.16. The summed E-state index contributed by atoms with van der Waals surface area (Å²) in [4.78, 5) is 11.5. The van der Waals surface area contributed by atoms with Crippen molar-refractivity contribution in [1.82, 2.24) is 0 Å². The topological polar surface area (TPSA) is 17.1 Å². The number of hydrogen-bond acceptors (Lipinski definition) is 1. The zero-order valence-corrected chi connectivity index (χ0v) is 9.96. The first kappa shape index (κ1) is 12.2. The molecule has 0 aliphatic heterocycles. The summed E-state index contributed by atoms with van der Waals surface area (Å²) in [5, 5.41) is 0. The third-order valence-corrected chi connectivity index (χ3v) is 3.15. The van der Waals surface area contributed by atoms with Gasteiger partial charge in [0, 0.05) is 6.42 Å². The highest BCUT2D eigenvalue weighted by Crippen LogP contribution is 2.18. The summed E-state index contributed by atoms with van der Waals surface area (Å²) in [6, 6.07) is 0. The van der Waals surface area contributed by atoms with Gasteiger partial charge >= 0.3 is 0 Å². The van der Waals surface area contributed by atoms with E-state index in [4.69, 9.17) is 0 Å². The molecule has 0 bridgehead atoms. The SMILES string of the molecule is CCC(/C=C/CC1=CCCCC1=O)CC. The quantitative estimate of drug-likeness (QED) is 0.620. The van der Waals surface area contributed by atoms with Crippen LogP contribution in [0.2, 0.25) is 0 Å². The van der Waals surface area contributed by atoms with Gasteiger partial charge in [0.25, 0.3) is 0 Å². The number of carbonyl (C=O) groups is 1. The molecule has 0 radical (unpaired) electrons. The first-order chi connectivity index (χ1) is 7.27. The highest BCUT2D eigenvalue weighted by molar-refractivity contribution is 5.96. The maximum atomic E-state index is 11.5. The molecule has 0 amide bonds. The first-order valence-corrected chi connectivity index (χ1v) is 6.16. The van der Waals surface area contributed by atoms with Crippen molar-refractivity contribution in [3.8, 4) is 0 Å². The predicted octanol–water partition coefficient (Wildman–Crippen LogP) is 4.05. The van der Waals surface area contributed by atoms with Crippen LogP contribution in [0.15, 0.2) is 23.8 Å². The molecule has 0 saturated carbocycles. The zero-order valence-electron chi connectivity index (χ0n) is 9.96. The van der Waals surface area contributed by atoms with Gasteiger partial charge in [-0.25, -0.2) is 0 Å². The van der Waals surface area contributed by atoms with E-state index in [0.29, 0.717) is 11.7 Å². The van der Waals surface area contributed by atoms with Gasteiger partial charge in [0.15, 0.2) is 5.78 Å². The van der Waals surface area contributed by atoms with Crippen LogP contribution in [-0.2, 0) is 4.79 Å². The van der Waals surface area contributed by atoms with Crippen molar-refractivity contribution in [1.29, 1.82) is 0 Å². The Morgan fingerprint density at radius 1 is 1.40 bits per heavy atom. The van der Waals surface area contributed by atoms with E-state index in [1.165, 1.54) is 12.8 Å². The second-order valence-electron chi connectivity index (χ2n) is 4.25. The molecule has 0 saturated heterocycles. The molecular weight excluding hydrogens is 184 g/mol. The number of allylic oxidation sites excluding steroid dienone is 4. The van der Waals surface area contributed by atoms with Gasteiger partial charge in [-0.05, 0) is 43.6 Å². The molecule has 0 heterocycles. The Hall–Kier alpha value is -0.850. The van der Waals surface area contributed by atoms with Gasteiger partial charge in [-0.3, -0.25) is 4.79 Å². The molecule has 84 valence electrons. The van der Waals surface area contributed by atoms with Crippen molar-refractivity contribution < 1.29 is 4.79 Å². The van der Waals surface area contributed by atoms with Gasteiger partial charge in [0.05, 0.1) is 0 Å². The van der Waals surface area contributed by atoms with Gasteiger partial charge in [0.1, 0.15) is 0 Å². The van der Waals surface area contributed by atoms with E-state index in [9.17, 15) is 4.79 Å². The maximum Gasteiger partial charge on any atom is 0.158 e. The summed E-state index contributed by atoms with van der Waals surface area (Å²) < 4.78 is 0. The number of rotatable bonds is 5. The monoisotopic (exact) mass is 206 g/mol. The summed E-state index contributed by atoms with van der Waals surface area (Å²) >= 11 is 0. The minimum absolute atomic E-state index is 0.357. The van der Waals surface area contributed by atoms with Crippen LogP contribution >= 0.6 is 0 Å². The highest BCUT2D eigenvalue weighted by Gasteiger charge is 2.11. The van der Waals surface area contributed by atoms with Crippen LogP contribution in [0.3, 0.4) is 0 Å². The minimum atomic E-state index is 0.357. The molecule has 1 nitrogen and oxygen atoms in total. The lowest BCUT2D eigenvalue weighted by atomic mass is 9.94. The van der Waals surface area contributed by atoms with E-state index < -0.39 is 0 Å². The smallest absolute Gasteiger partial charge is 0.158 e. The van der Waals surface area contributed by atoms with Gasteiger partial charge in [-0.15, -0.1) is 0 Å². The average Bonchev–Trinajstić information content (AvgIpc) is 2.27. The summed E-state index contributed by atoms with van der Waals surface area (Å²) in [7, 11) is 0.